The Bertz CT molecular complexity index is 1250. The second-order valence-electron chi connectivity index (χ2n) is 7.85. The third-order valence-electron chi connectivity index (χ3n) is 5.89. The molecule has 178 valence electrons. The first-order valence-corrected chi connectivity index (χ1v) is 11.1. The summed E-state index contributed by atoms with van der Waals surface area (Å²) in [6.45, 7) is 1.96. The molecule has 1 aliphatic rings. The van der Waals surface area contributed by atoms with Crippen molar-refractivity contribution in [3.05, 3.63) is 95.6 Å². The highest BCUT2D eigenvalue weighted by atomic mass is 16.5. The van der Waals surface area contributed by atoms with Crippen LogP contribution in [-0.2, 0) is 9.53 Å². The number of anilines is 1. The summed E-state index contributed by atoms with van der Waals surface area (Å²) in [4.78, 5) is 40.6. The lowest BCUT2D eigenvalue weighted by molar-refractivity contribution is -0.112. The number of carbonyl (C=O) groups excluding carboxylic acids is 3. The lowest BCUT2D eigenvalue weighted by atomic mass is 9.86. The van der Waals surface area contributed by atoms with E-state index in [1.807, 2.05) is 30.3 Å². The average Bonchev–Trinajstić information content (AvgIpc) is 3.20. The Labute approximate surface area is 202 Å². The van der Waals surface area contributed by atoms with Crippen LogP contribution in [0.3, 0.4) is 0 Å². The molecule has 2 atom stereocenters. The van der Waals surface area contributed by atoms with E-state index >= 15 is 0 Å². The highest BCUT2D eigenvalue weighted by Gasteiger charge is 2.51. The van der Waals surface area contributed by atoms with Gasteiger partial charge in [0.2, 0.25) is 0 Å². The van der Waals surface area contributed by atoms with Gasteiger partial charge in [-0.05, 0) is 61.0 Å². The summed E-state index contributed by atoms with van der Waals surface area (Å²) in [5.74, 6) is -1.92. The van der Waals surface area contributed by atoms with E-state index in [1.165, 1.54) is 12.0 Å². The zero-order chi connectivity index (χ0) is 24.9. The lowest BCUT2D eigenvalue weighted by Gasteiger charge is -2.27. The van der Waals surface area contributed by atoms with Gasteiger partial charge in [-0.1, -0.05) is 35.5 Å². The SMILES string of the molecule is CCOC(=O)c1ccc(N2C(=O)/C(=N/O)C(C(=O)c3ccc(OC)cc3)C2c2ccccc2)cc1. The standard InChI is InChI=1S/C27H24N2O6/c1-3-35-27(32)19-9-13-20(14-10-19)29-24(17-7-5-4-6-8-17)22(23(28-33)26(29)31)25(30)18-11-15-21(34-2)16-12-18/h4-16,22,24,33H,3H2,1-2H3/b28-23+. The molecule has 8 heteroatoms. The van der Waals surface area contributed by atoms with Crippen molar-refractivity contribution >= 4 is 29.1 Å². The molecule has 0 spiro atoms. The van der Waals surface area contributed by atoms with E-state index in [2.05, 4.69) is 5.16 Å². The fourth-order valence-electron chi connectivity index (χ4n) is 4.23. The molecule has 0 radical (unpaired) electrons. The average molecular weight is 472 g/mol. The molecule has 0 bridgehead atoms. The molecule has 8 nitrogen and oxygen atoms in total. The molecule has 4 rings (SSSR count). The van der Waals surface area contributed by atoms with Crippen LogP contribution < -0.4 is 9.64 Å². The molecular formula is C27H24N2O6. The van der Waals surface area contributed by atoms with Gasteiger partial charge in [0, 0.05) is 11.3 Å². The predicted molar refractivity (Wildman–Crippen MR) is 129 cm³/mol. The van der Waals surface area contributed by atoms with Crippen LogP contribution in [0.25, 0.3) is 0 Å². The number of ether oxygens (including phenoxy) is 2. The second-order valence-corrected chi connectivity index (χ2v) is 7.85. The van der Waals surface area contributed by atoms with Gasteiger partial charge in [-0.2, -0.15) is 0 Å². The zero-order valence-electron chi connectivity index (χ0n) is 19.3. The predicted octanol–water partition coefficient (Wildman–Crippen LogP) is 4.29. The fraction of sp³-hybridized carbons (Fsp3) is 0.185. The van der Waals surface area contributed by atoms with Gasteiger partial charge in [-0.25, -0.2) is 4.79 Å². The summed E-state index contributed by atoms with van der Waals surface area (Å²) in [5, 5.41) is 13.1. The second kappa shape index (κ2) is 10.2. The highest BCUT2D eigenvalue weighted by Crippen LogP contribution is 2.41. The minimum Gasteiger partial charge on any atom is -0.497 e. The van der Waals surface area contributed by atoms with E-state index < -0.39 is 23.8 Å². The monoisotopic (exact) mass is 472 g/mol. The Kier molecular flexibility index (Phi) is 6.91. The van der Waals surface area contributed by atoms with E-state index in [0.29, 0.717) is 28.1 Å². The molecule has 2 unspecified atom stereocenters. The smallest absolute Gasteiger partial charge is 0.338 e. The van der Waals surface area contributed by atoms with Crippen molar-refractivity contribution in [1.29, 1.82) is 0 Å². The Balaban J connectivity index is 1.80. The number of hydrogen-bond donors (Lipinski definition) is 1. The number of benzene rings is 3. The summed E-state index contributed by atoms with van der Waals surface area (Å²) in [7, 11) is 1.53. The summed E-state index contributed by atoms with van der Waals surface area (Å²) in [6, 6.07) is 21.2. The fourth-order valence-corrected chi connectivity index (χ4v) is 4.23. The third kappa shape index (κ3) is 4.50. The normalized spacial score (nSPS) is 18.5. The van der Waals surface area contributed by atoms with Crippen LogP contribution in [0.1, 0.15) is 39.2 Å². The summed E-state index contributed by atoms with van der Waals surface area (Å²) < 4.78 is 10.2. The molecular weight excluding hydrogens is 448 g/mol. The minimum absolute atomic E-state index is 0.243. The topological polar surface area (TPSA) is 106 Å². The van der Waals surface area contributed by atoms with E-state index in [9.17, 15) is 19.6 Å². The van der Waals surface area contributed by atoms with Gasteiger partial charge >= 0.3 is 5.97 Å². The van der Waals surface area contributed by atoms with E-state index in [4.69, 9.17) is 9.47 Å². The van der Waals surface area contributed by atoms with E-state index in [0.717, 1.165) is 0 Å². The number of esters is 1. The van der Waals surface area contributed by atoms with Gasteiger partial charge in [-0.3, -0.25) is 14.5 Å². The zero-order valence-corrected chi connectivity index (χ0v) is 19.3. The maximum absolute atomic E-state index is 13.7. The lowest BCUT2D eigenvalue weighted by Crippen LogP contribution is -2.30. The number of carbonyl (C=O) groups is 3. The minimum atomic E-state index is -1.06. The molecule has 0 saturated carbocycles. The van der Waals surface area contributed by atoms with Crippen molar-refractivity contribution < 1.29 is 29.1 Å². The van der Waals surface area contributed by atoms with Crippen LogP contribution in [0, 0.1) is 5.92 Å². The first-order chi connectivity index (χ1) is 17.0. The quantitative estimate of drug-likeness (QED) is 0.238. The molecule has 1 fully saturated rings. The van der Waals surface area contributed by atoms with E-state index in [-0.39, 0.29) is 18.1 Å². The van der Waals surface area contributed by atoms with E-state index in [1.54, 1.807) is 55.5 Å². The van der Waals surface area contributed by atoms with Crippen LogP contribution in [0.15, 0.2) is 84.0 Å². The number of methoxy groups -OCH3 is 1. The Hall–Kier alpha value is -4.46. The van der Waals surface area contributed by atoms with Crippen molar-refractivity contribution in [1.82, 2.24) is 0 Å². The van der Waals surface area contributed by atoms with Crippen molar-refractivity contribution in [3.63, 3.8) is 0 Å². The first kappa shape index (κ1) is 23.7. The highest BCUT2D eigenvalue weighted by molar-refractivity contribution is 6.51. The molecule has 1 N–H and O–H groups in total. The van der Waals surface area contributed by atoms with Crippen molar-refractivity contribution in [3.8, 4) is 5.75 Å². The van der Waals surface area contributed by atoms with Crippen LogP contribution in [0.2, 0.25) is 0 Å². The van der Waals surface area contributed by atoms with Gasteiger partial charge in [-0.15, -0.1) is 0 Å². The Morgan fingerprint density at radius 3 is 2.14 bits per heavy atom. The number of ketones is 1. The molecule has 0 aromatic heterocycles. The molecule has 1 heterocycles. The Morgan fingerprint density at radius 2 is 1.57 bits per heavy atom. The number of amides is 1. The Morgan fingerprint density at radius 1 is 0.943 bits per heavy atom. The number of hydrogen-bond acceptors (Lipinski definition) is 7. The van der Waals surface area contributed by atoms with Crippen molar-refractivity contribution in [2.24, 2.45) is 11.1 Å². The van der Waals surface area contributed by atoms with Crippen LogP contribution in [0.4, 0.5) is 5.69 Å². The van der Waals surface area contributed by atoms with Gasteiger partial charge in [0.1, 0.15) is 5.75 Å². The molecule has 1 saturated heterocycles. The molecule has 1 amide bonds. The third-order valence-corrected chi connectivity index (χ3v) is 5.89. The number of oxime groups is 1. The molecule has 35 heavy (non-hydrogen) atoms. The van der Waals surface area contributed by atoms with Gasteiger partial charge in [0.05, 0.1) is 31.2 Å². The summed E-state index contributed by atoms with van der Waals surface area (Å²) in [6.07, 6.45) is 0. The number of rotatable bonds is 7. The summed E-state index contributed by atoms with van der Waals surface area (Å²) >= 11 is 0. The van der Waals surface area contributed by atoms with Gasteiger partial charge < -0.3 is 14.7 Å². The van der Waals surface area contributed by atoms with Crippen LogP contribution in [-0.4, -0.2) is 42.3 Å². The van der Waals surface area contributed by atoms with Gasteiger partial charge in [0.25, 0.3) is 5.91 Å². The number of Topliss-reactive ketones (excluding diaryl/α,β-unsaturated/α-hetero) is 1. The molecule has 1 aliphatic heterocycles. The maximum atomic E-state index is 13.7. The van der Waals surface area contributed by atoms with Crippen molar-refractivity contribution in [2.45, 2.75) is 13.0 Å². The first-order valence-electron chi connectivity index (χ1n) is 11.1. The maximum Gasteiger partial charge on any atom is 0.338 e. The van der Waals surface area contributed by atoms with Crippen LogP contribution in [0.5, 0.6) is 5.75 Å². The largest absolute Gasteiger partial charge is 0.497 e. The van der Waals surface area contributed by atoms with Gasteiger partial charge in [0.15, 0.2) is 11.5 Å². The van der Waals surface area contributed by atoms with Crippen molar-refractivity contribution in [2.75, 3.05) is 18.6 Å². The van der Waals surface area contributed by atoms with Crippen LogP contribution >= 0.6 is 0 Å². The molecule has 3 aromatic rings. The number of nitrogens with zero attached hydrogens (tertiary/aromatic N) is 2. The molecule has 0 aliphatic carbocycles. The summed E-state index contributed by atoms with van der Waals surface area (Å²) in [5.41, 5.74) is 1.57. The molecule has 3 aromatic carbocycles.